The average Bonchev–Trinajstić information content (AvgIpc) is 3.22. The van der Waals surface area contributed by atoms with E-state index in [2.05, 4.69) is 20.3 Å². The molecule has 1 atom stereocenters. The molecular weight excluding hydrogens is 388 g/mol. The van der Waals surface area contributed by atoms with Crippen LogP contribution in [0.25, 0.3) is 22.6 Å². The van der Waals surface area contributed by atoms with Gasteiger partial charge in [-0.3, -0.25) is 4.79 Å². The van der Waals surface area contributed by atoms with Gasteiger partial charge in [0, 0.05) is 17.8 Å². The number of imidazole rings is 1. The highest BCUT2D eigenvalue weighted by Crippen LogP contribution is 2.26. The summed E-state index contributed by atoms with van der Waals surface area (Å²) in [5.74, 6) is 0.449. The Labute approximate surface area is 172 Å². The van der Waals surface area contributed by atoms with Crippen molar-refractivity contribution in [1.29, 1.82) is 0 Å². The molecule has 0 aliphatic rings. The maximum absolute atomic E-state index is 12.5. The Kier molecular flexibility index (Phi) is 5.46. The fraction of sp³-hybridized carbons (Fsp3) is 0.0909. The first-order chi connectivity index (χ1) is 14.1. The molecule has 6 nitrogen and oxygen atoms in total. The van der Waals surface area contributed by atoms with E-state index in [0.29, 0.717) is 27.7 Å². The predicted octanol–water partition coefficient (Wildman–Crippen LogP) is 4.23. The van der Waals surface area contributed by atoms with Crippen molar-refractivity contribution in [2.75, 3.05) is 11.9 Å². The summed E-state index contributed by atoms with van der Waals surface area (Å²) in [6.07, 6.45) is 2.47. The predicted molar refractivity (Wildman–Crippen MR) is 115 cm³/mol. The number of aromatic nitrogens is 3. The molecule has 0 amide bonds. The number of aliphatic hydroxyl groups excluding tert-OH is 1. The first kappa shape index (κ1) is 19.0. The standard InChI is InChI=1S/C22H19ClN4O2/c23-16-8-4-7-15(11-16)19(28)13-25-17-9-10-24-22(29)20(17)21-26-12-18(27-21)14-5-2-1-3-6-14/h1-12,19,28H,13H2,(H,26,27)(H2,24,25,29). The summed E-state index contributed by atoms with van der Waals surface area (Å²) in [5, 5.41) is 14.2. The number of halogens is 1. The van der Waals surface area contributed by atoms with Crippen molar-refractivity contribution < 1.29 is 5.11 Å². The summed E-state index contributed by atoms with van der Waals surface area (Å²) in [6.45, 7) is 0.211. The van der Waals surface area contributed by atoms with Gasteiger partial charge in [0.2, 0.25) is 0 Å². The minimum absolute atomic E-state index is 0.211. The second-order valence-corrected chi connectivity index (χ2v) is 7.00. The lowest BCUT2D eigenvalue weighted by molar-refractivity contribution is 0.191. The van der Waals surface area contributed by atoms with Crippen LogP contribution in [-0.2, 0) is 0 Å². The number of anilines is 1. The number of pyridine rings is 1. The largest absolute Gasteiger partial charge is 0.387 e. The van der Waals surface area contributed by atoms with Gasteiger partial charge in [-0.1, -0.05) is 54.1 Å². The Balaban J connectivity index is 1.60. The van der Waals surface area contributed by atoms with Crippen molar-refractivity contribution in [3.63, 3.8) is 0 Å². The summed E-state index contributed by atoms with van der Waals surface area (Å²) in [6, 6.07) is 18.5. The molecular formula is C22H19ClN4O2. The Morgan fingerprint density at radius 2 is 1.93 bits per heavy atom. The fourth-order valence-corrected chi connectivity index (χ4v) is 3.31. The van der Waals surface area contributed by atoms with Gasteiger partial charge in [-0.25, -0.2) is 4.98 Å². The Morgan fingerprint density at radius 3 is 2.72 bits per heavy atom. The van der Waals surface area contributed by atoms with Crippen molar-refractivity contribution >= 4 is 17.3 Å². The molecule has 0 spiro atoms. The first-order valence-corrected chi connectivity index (χ1v) is 9.49. The smallest absolute Gasteiger partial charge is 0.261 e. The molecule has 0 aliphatic carbocycles. The molecule has 146 valence electrons. The molecule has 0 radical (unpaired) electrons. The lowest BCUT2D eigenvalue weighted by Crippen LogP contribution is -2.17. The minimum Gasteiger partial charge on any atom is -0.387 e. The van der Waals surface area contributed by atoms with Gasteiger partial charge in [0.15, 0.2) is 0 Å². The van der Waals surface area contributed by atoms with Gasteiger partial charge >= 0.3 is 0 Å². The second kappa shape index (κ2) is 8.34. The molecule has 2 aromatic carbocycles. The van der Waals surface area contributed by atoms with Gasteiger partial charge in [0.05, 0.1) is 23.7 Å². The summed E-state index contributed by atoms with van der Waals surface area (Å²) < 4.78 is 0. The van der Waals surface area contributed by atoms with Crippen molar-refractivity contribution in [2.24, 2.45) is 0 Å². The molecule has 7 heteroatoms. The molecule has 0 saturated heterocycles. The van der Waals surface area contributed by atoms with Crippen LogP contribution in [-0.4, -0.2) is 26.6 Å². The van der Waals surface area contributed by atoms with Crippen LogP contribution in [0.2, 0.25) is 5.02 Å². The van der Waals surface area contributed by atoms with E-state index >= 15 is 0 Å². The van der Waals surface area contributed by atoms with Crippen LogP contribution in [0.4, 0.5) is 5.69 Å². The van der Waals surface area contributed by atoms with E-state index in [9.17, 15) is 9.90 Å². The van der Waals surface area contributed by atoms with E-state index in [-0.39, 0.29) is 12.1 Å². The van der Waals surface area contributed by atoms with Crippen LogP contribution < -0.4 is 10.9 Å². The number of rotatable bonds is 6. The van der Waals surface area contributed by atoms with Gasteiger partial charge in [0.25, 0.3) is 5.56 Å². The number of aromatic amines is 2. The van der Waals surface area contributed by atoms with E-state index < -0.39 is 6.10 Å². The SMILES string of the molecule is O=c1[nH]ccc(NCC(O)c2cccc(Cl)c2)c1-c1ncc(-c2ccccc2)[nH]1. The molecule has 0 aliphatic heterocycles. The van der Waals surface area contributed by atoms with Gasteiger partial charge < -0.3 is 20.4 Å². The van der Waals surface area contributed by atoms with E-state index in [1.165, 1.54) is 0 Å². The highest BCUT2D eigenvalue weighted by molar-refractivity contribution is 6.30. The topological polar surface area (TPSA) is 93.8 Å². The van der Waals surface area contributed by atoms with Crippen molar-refractivity contribution in [1.82, 2.24) is 15.0 Å². The maximum Gasteiger partial charge on any atom is 0.261 e. The van der Waals surface area contributed by atoms with Gasteiger partial charge in [0.1, 0.15) is 11.4 Å². The summed E-state index contributed by atoms with van der Waals surface area (Å²) in [5.41, 5.74) is 3.16. The third-order valence-corrected chi connectivity index (χ3v) is 4.81. The highest BCUT2D eigenvalue weighted by Gasteiger charge is 2.15. The van der Waals surface area contributed by atoms with E-state index in [1.54, 1.807) is 42.7 Å². The molecule has 4 aromatic rings. The van der Waals surface area contributed by atoms with E-state index in [4.69, 9.17) is 11.6 Å². The normalized spacial score (nSPS) is 11.9. The van der Waals surface area contributed by atoms with E-state index in [1.807, 2.05) is 30.3 Å². The number of aliphatic hydroxyl groups is 1. The quantitative estimate of drug-likeness (QED) is 0.385. The van der Waals surface area contributed by atoms with Gasteiger partial charge in [-0.2, -0.15) is 0 Å². The molecule has 4 N–H and O–H groups in total. The maximum atomic E-state index is 12.5. The molecule has 2 heterocycles. The Bertz CT molecular complexity index is 1170. The van der Waals surface area contributed by atoms with Crippen LogP contribution in [0.3, 0.4) is 0 Å². The Morgan fingerprint density at radius 1 is 1.10 bits per heavy atom. The number of benzene rings is 2. The second-order valence-electron chi connectivity index (χ2n) is 6.56. The number of hydrogen-bond acceptors (Lipinski definition) is 4. The summed E-state index contributed by atoms with van der Waals surface area (Å²) in [4.78, 5) is 22.8. The summed E-state index contributed by atoms with van der Waals surface area (Å²) in [7, 11) is 0. The van der Waals surface area contributed by atoms with Crippen LogP contribution in [0.5, 0.6) is 0 Å². The minimum atomic E-state index is -0.780. The van der Waals surface area contributed by atoms with E-state index in [0.717, 1.165) is 11.3 Å². The van der Waals surface area contributed by atoms with Crippen molar-refractivity contribution in [3.8, 4) is 22.6 Å². The molecule has 2 aromatic heterocycles. The number of hydrogen-bond donors (Lipinski definition) is 4. The third kappa shape index (κ3) is 4.23. The van der Waals surface area contributed by atoms with Crippen LogP contribution in [0.1, 0.15) is 11.7 Å². The van der Waals surface area contributed by atoms with Crippen molar-refractivity contribution in [3.05, 3.63) is 94.0 Å². The molecule has 0 saturated carbocycles. The monoisotopic (exact) mass is 406 g/mol. The highest BCUT2D eigenvalue weighted by atomic mass is 35.5. The lowest BCUT2D eigenvalue weighted by atomic mass is 10.1. The van der Waals surface area contributed by atoms with Crippen molar-refractivity contribution in [2.45, 2.75) is 6.10 Å². The average molecular weight is 407 g/mol. The molecule has 29 heavy (non-hydrogen) atoms. The number of nitrogens with one attached hydrogen (secondary N) is 3. The Hall–Kier alpha value is -3.35. The molecule has 4 rings (SSSR count). The molecule has 0 fully saturated rings. The number of nitrogens with zero attached hydrogens (tertiary/aromatic N) is 1. The zero-order valence-electron chi connectivity index (χ0n) is 15.4. The van der Waals surface area contributed by atoms with Crippen LogP contribution in [0.15, 0.2) is 77.9 Å². The van der Waals surface area contributed by atoms with Crippen LogP contribution in [0, 0.1) is 0 Å². The van der Waals surface area contributed by atoms with Gasteiger partial charge in [-0.15, -0.1) is 0 Å². The fourth-order valence-electron chi connectivity index (χ4n) is 3.11. The van der Waals surface area contributed by atoms with Gasteiger partial charge in [-0.05, 0) is 29.3 Å². The lowest BCUT2D eigenvalue weighted by Gasteiger charge is -2.15. The first-order valence-electron chi connectivity index (χ1n) is 9.11. The zero-order valence-corrected chi connectivity index (χ0v) is 16.1. The number of H-pyrrole nitrogens is 2. The molecule has 1 unspecified atom stereocenters. The third-order valence-electron chi connectivity index (χ3n) is 4.58. The zero-order chi connectivity index (χ0) is 20.2. The summed E-state index contributed by atoms with van der Waals surface area (Å²) >= 11 is 6.00. The molecule has 0 bridgehead atoms. The van der Waals surface area contributed by atoms with Crippen LogP contribution >= 0.6 is 11.6 Å².